The molecular formula is C11H13NO3. The van der Waals surface area contributed by atoms with Crippen LogP contribution in [0, 0.1) is 11.3 Å². The van der Waals surface area contributed by atoms with E-state index < -0.39 is 5.97 Å². The average molecular weight is 207 g/mol. The molecule has 0 fully saturated rings. The van der Waals surface area contributed by atoms with Gasteiger partial charge >= 0.3 is 5.97 Å². The number of nitrogens with zero attached hydrogens (tertiary/aromatic N) is 1. The first-order chi connectivity index (χ1) is 7.20. The van der Waals surface area contributed by atoms with E-state index in [-0.39, 0.29) is 6.61 Å². The van der Waals surface area contributed by atoms with Gasteiger partial charge in [0.05, 0.1) is 11.6 Å². The summed E-state index contributed by atoms with van der Waals surface area (Å²) < 4.78 is 4.50. The second-order valence-corrected chi connectivity index (χ2v) is 2.51. The Morgan fingerprint density at radius 2 is 2.07 bits per heavy atom. The van der Waals surface area contributed by atoms with Crippen molar-refractivity contribution in [3.8, 4) is 6.07 Å². The SMILES string of the molecule is CCOCC(=O)O.N#Cc1ccccc1. The average Bonchev–Trinajstić information content (AvgIpc) is 2.28. The molecule has 1 rings (SSSR count). The molecule has 0 radical (unpaired) electrons. The van der Waals surface area contributed by atoms with E-state index in [0.29, 0.717) is 12.2 Å². The number of ether oxygens (including phenoxy) is 1. The van der Waals surface area contributed by atoms with Gasteiger partial charge in [0.1, 0.15) is 6.61 Å². The highest BCUT2D eigenvalue weighted by Gasteiger charge is 1.90. The summed E-state index contributed by atoms with van der Waals surface area (Å²) in [5.74, 6) is -0.915. The molecule has 80 valence electrons. The van der Waals surface area contributed by atoms with Crippen molar-refractivity contribution in [2.75, 3.05) is 13.2 Å². The Labute approximate surface area is 88.7 Å². The summed E-state index contributed by atoms with van der Waals surface area (Å²) in [6.45, 7) is 2.03. The highest BCUT2D eigenvalue weighted by atomic mass is 16.5. The van der Waals surface area contributed by atoms with Crippen LogP contribution in [0.1, 0.15) is 12.5 Å². The van der Waals surface area contributed by atoms with Crippen molar-refractivity contribution in [1.29, 1.82) is 5.26 Å². The van der Waals surface area contributed by atoms with Crippen molar-refractivity contribution in [2.24, 2.45) is 0 Å². The van der Waals surface area contributed by atoms with Gasteiger partial charge in [-0.15, -0.1) is 0 Å². The van der Waals surface area contributed by atoms with Crippen LogP contribution in [0.2, 0.25) is 0 Å². The van der Waals surface area contributed by atoms with Gasteiger partial charge < -0.3 is 9.84 Å². The van der Waals surface area contributed by atoms with Crippen molar-refractivity contribution in [3.63, 3.8) is 0 Å². The highest BCUT2D eigenvalue weighted by Crippen LogP contribution is 1.93. The molecule has 0 unspecified atom stereocenters. The number of nitriles is 1. The molecule has 4 heteroatoms. The van der Waals surface area contributed by atoms with Gasteiger partial charge in [0.2, 0.25) is 0 Å². The Hall–Kier alpha value is -1.86. The maximum absolute atomic E-state index is 9.63. The van der Waals surface area contributed by atoms with E-state index in [1.807, 2.05) is 24.3 Å². The Bertz CT molecular complexity index is 316. The molecule has 15 heavy (non-hydrogen) atoms. The van der Waals surface area contributed by atoms with Crippen molar-refractivity contribution in [2.45, 2.75) is 6.92 Å². The summed E-state index contributed by atoms with van der Waals surface area (Å²) in [5.41, 5.74) is 0.715. The molecule has 1 N–H and O–H groups in total. The van der Waals surface area contributed by atoms with E-state index in [4.69, 9.17) is 10.4 Å². The van der Waals surface area contributed by atoms with Gasteiger partial charge in [-0.05, 0) is 19.1 Å². The molecule has 0 spiro atoms. The Balaban J connectivity index is 0.000000265. The molecule has 0 saturated carbocycles. The fraction of sp³-hybridized carbons (Fsp3) is 0.273. The minimum absolute atomic E-state index is 0.184. The molecule has 0 saturated heterocycles. The zero-order valence-electron chi connectivity index (χ0n) is 8.51. The Morgan fingerprint density at radius 1 is 1.47 bits per heavy atom. The molecule has 0 aliphatic carbocycles. The third-order valence-corrected chi connectivity index (χ3v) is 1.33. The van der Waals surface area contributed by atoms with Crippen LogP contribution < -0.4 is 0 Å². The molecule has 0 heterocycles. The topological polar surface area (TPSA) is 70.3 Å². The van der Waals surface area contributed by atoms with Crippen LogP contribution in [0.5, 0.6) is 0 Å². The van der Waals surface area contributed by atoms with E-state index in [1.54, 1.807) is 19.1 Å². The lowest BCUT2D eigenvalue weighted by Gasteiger charge is -1.90. The second-order valence-electron chi connectivity index (χ2n) is 2.51. The largest absolute Gasteiger partial charge is 0.480 e. The molecule has 4 nitrogen and oxygen atoms in total. The van der Waals surface area contributed by atoms with Gasteiger partial charge in [0.25, 0.3) is 0 Å². The van der Waals surface area contributed by atoms with E-state index in [1.165, 1.54) is 0 Å². The Morgan fingerprint density at radius 3 is 2.33 bits per heavy atom. The highest BCUT2D eigenvalue weighted by molar-refractivity contribution is 5.67. The quantitative estimate of drug-likeness (QED) is 0.818. The number of aliphatic carboxylic acids is 1. The monoisotopic (exact) mass is 207 g/mol. The van der Waals surface area contributed by atoms with E-state index in [9.17, 15) is 4.79 Å². The lowest BCUT2D eigenvalue weighted by atomic mass is 10.2. The number of carbonyl (C=O) groups is 1. The number of benzene rings is 1. The summed E-state index contributed by atoms with van der Waals surface area (Å²) in [6, 6.07) is 11.2. The summed E-state index contributed by atoms with van der Waals surface area (Å²) >= 11 is 0. The standard InChI is InChI=1S/C7H5N.C4H8O3/c8-6-7-4-2-1-3-5-7;1-2-7-3-4(5)6/h1-5H;2-3H2,1H3,(H,5,6). The number of hydrogen-bond acceptors (Lipinski definition) is 3. The lowest BCUT2D eigenvalue weighted by Crippen LogP contribution is -2.05. The van der Waals surface area contributed by atoms with Gasteiger partial charge in [0, 0.05) is 6.61 Å². The van der Waals surface area contributed by atoms with Crippen LogP contribution in [-0.2, 0) is 9.53 Å². The maximum Gasteiger partial charge on any atom is 0.329 e. The maximum atomic E-state index is 9.63. The molecule has 1 aromatic carbocycles. The Kier molecular flexibility index (Phi) is 7.64. The van der Waals surface area contributed by atoms with Crippen molar-refractivity contribution in [3.05, 3.63) is 35.9 Å². The predicted molar refractivity (Wildman–Crippen MR) is 55.3 cm³/mol. The number of rotatable bonds is 3. The van der Waals surface area contributed by atoms with Gasteiger partial charge in [-0.2, -0.15) is 5.26 Å². The van der Waals surface area contributed by atoms with Crippen molar-refractivity contribution >= 4 is 5.97 Å². The fourth-order valence-electron chi connectivity index (χ4n) is 0.702. The van der Waals surface area contributed by atoms with Gasteiger partial charge in [0.15, 0.2) is 0 Å². The summed E-state index contributed by atoms with van der Waals surface area (Å²) in [6.07, 6.45) is 0. The summed E-state index contributed by atoms with van der Waals surface area (Å²) in [7, 11) is 0. The van der Waals surface area contributed by atoms with Crippen molar-refractivity contribution in [1.82, 2.24) is 0 Å². The smallest absolute Gasteiger partial charge is 0.329 e. The summed E-state index contributed by atoms with van der Waals surface area (Å²) in [5, 5.41) is 16.2. The van der Waals surface area contributed by atoms with Gasteiger partial charge in [-0.25, -0.2) is 4.79 Å². The zero-order valence-corrected chi connectivity index (χ0v) is 8.51. The van der Waals surface area contributed by atoms with Gasteiger partial charge in [-0.1, -0.05) is 18.2 Å². The normalized spacial score (nSPS) is 8.27. The molecule has 0 aromatic heterocycles. The second kappa shape index (κ2) is 8.73. The van der Waals surface area contributed by atoms with Gasteiger partial charge in [-0.3, -0.25) is 0 Å². The number of hydrogen-bond donors (Lipinski definition) is 1. The number of carboxylic acid groups (broad SMARTS) is 1. The molecule has 0 amide bonds. The van der Waals surface area contributed by atoms with Crippen LogP contribution in [-0.4, -0.2) is 24.3 Å². The van der Waals surface area contributed by atoms with Crippen LogP contribution in [0.4, 0.5) is 0 Å². The van der Waals surface area contributed by atoms with Crippen molar-refractivity contribution < 1.29 is 14.6 Å². The minimum Gasteiger partial charge on any atom is -0.480 e. The van der Waals surface area contributed by atoms with Crippen LogP contribution in [0.3, 0.4) is 0 Å². The van der Waals surface area contributed by atoms with E-state index in [0.717, 1.165) is 0 Å². The third kappa shape index (κ3) is 8.47. The molecule has 0 atom stereocenters. The molecule has 1 aromatic rings. The molecule has 0 aliphatic heterocycles. The fourth-order valence-corrected chi connectivity index (χ4v) is 0.702. The van der Waals surface area contributed by atoms with Crippen LogP contribution in [0.15, 0.2) is 30.3 Å². The number of carboxylic acids is 1. The zero-order chi connectivity index (χ0) is 11.5. The first-order valence-corrected chi connectivity index (χ1v) is 4.45. The minimum atomic E-state index is -0.915. The first kappa shape index (κ1) is 13.1. The lowest BCUT2D eigenvalue weighted by molar-refractivity contribution is -0.142. The van der Waals surface area contributed by atoms with E-state index in [2.05, 4.69) is 4.74 Å². The van der Waals surface area contributed by atoms with E-state index >= 15 is 0 Å². The van der Waals surface area contributed by atoms with Crippen LogP contribution in [0.25, 0.3) is 0 Å². The third-order valence-electron chi connectivity index (χ3n) is 1.33. The first-order valence-electron chi connectivity index (χ1n) is 4.45. The summed E-state index contributed by atoms with van der Waals surface area (Å²) in [4.78, 5) is 9.63. The predicted octanol–water partition coefficient (Wildman–Crippen LogP) is 1.67. The van der Waals surface area contributed by atoms with Crippen LogP contribution >= 0.6 is 0 Å². The molecule has 0 aliphatic rings. The molecule has 0 bridgehead atoms. The molecular weight excluding hydrogens is 194 g/mol.